The summed E-state index contributed by atoms with van der Waals surface area (Å²) in [6.45, 7) is 3.84. The summed E-state index contributed by atoms with van der Waals surface area (Å²) in [6, 6.07) is -0.322. The molecule has 0 aliphatic carbocycles. The van der Waals surface area contributed by atoms with Crippen molar-refractivity contribution >= 4 is 28.0 Å². The predicted molar refractivity (Wildman–Crippen MR) is 94.6 cm³/mol. The van der Waals surface area contributed by atoms with E-state index in [0.29, 0.717) is 12.1 Å². The van der Waals surface area contributed by atoms with Crippen LogP contribution in [0.2, 0.25) is 0 Å². The summed E-state index contributed by atoms with van der Waals surface area (Å²) in [6.07, 6.45) is 2.86. The Kier molecular flexibility index (Phi) is 4.11. The summed E-state index contributed by atoms with van der Waals surface area (Å²) in [7, 11) is 0. The number of hydrogen-bond donors (Lipinski definition) is 2. The molecule has 10 heteroatoms. The lowest BCUT2D eigenvalue weighted by atomic mass is 9.78. The number of hydrogen-bond acceptors (Lipinski definition) is 6. The number of aliphatic hydroxyl groups is 1. The van der Waals surface area contributed by atoms with Gasteiger partial charge >= 0.3 is 5.97 Å². The lowest BCUT2D eigenvalue weighted by molar-refractivity contribution is -0.688. The molecule has 2 aliphatic heterocycles. The van der Waals surface area contributed by atoms with E-state index in [9.17, 15) is 24.7 Å². The van der Waals surface area contributed by atoms with E-state index in [1.165, 1.54) is 16.2 Å². The Morgan fingerprint density at radius 2 is 2.22 bits per heavy atom. The van der Waals surface area contributed by atoms with E-state index in [2.05, 4.69) is 5.18 Å². The van der Waals surface area contributed by atoms with E-state index in [-0.39, 0.29) is 30.1 Å². The molecule has 2 aromatic rings. The number of fused-ring (bicyclic) bond motifs is 2. The van der Waals surface area contributed by atoms with Crippen molar-refractivity contribution in [1.82, 2.24) is 9.30 Å². The molecule has 0 unspecified atom stereocenters. The highest BCUT2D eigenvalue weighted by atomic mass is 32.1. The highest BCUT2D eigenvalue weighted by Crippen LogP contribution is 2.47. The molecule has 2 aromatic heterocycles. The number of aromatic nitrogens is 2. The molecule has 4 heterocycles. The molecule has 27 heavy (non-hydrogen) atoms. The van der Waals surface area contributed by atoms with Gasteiger partial charge in [-0.05, 0) is 6.92 Å². The lowest BCUT2D eigenvalue weighted by Crippen LogP contribution is -2.63. The largest absolute Gasteiger partial charge is 0.477 e. The van der Waals surface area contributed by atoms with Gasteiger partial charge in [0, 0.05) is 16.9 Å². The fraction of sp³-hybridized carbons (Fsp3) is 0.471. The number of nitroso groups, excluding NO2 is 1. The molecule has 4 atom stereocenters. The standard InChI is InChI=1S/C17H18N4O5S/c1-8-11(4-19-5-12-20(7-19)10(3-18-26)6-27-12)15(17(24)25)21-14(8)13(9(2)22)16(21)23/h5-9,13-14,22H,3-4H2,1-2H3/p+1/t8-,9+,13+,14+/m0/s1. The third-order valence-corrected chi connectivity index (χ3v) is 6.43. The number of imidazole rings is 1. The van der Waals surface area contributed by atoms with E-state index in [0.717, 1.165) is 10.5 Å². The van der Waals surface area contributed by atoms with Crippen molar-refractivity contribution in [3.05, 3.63) is 39.8 Å². The monoisotopic (exact) mass is 391 g/mol. The number of carbonyl (C=O) groups excluding carboxylic acids is 1. The van der Waals surface area contributed by atoms with Crippen LogP contribution < -0.4 is 4.57 Å². The first-order chi connectivity index (χ1) is 12.8. The van der Waals surface area contributed by atoms with Crippen molar-refractivity contribution in [1.29, 1.82) is 0 Å². The van der Waals surface area contributed by atoms with E-state index < -0.39 is 18.0 Å². The summed E-state index contributed by atoms with van der Waals surface area (Å²) < 4.78 is 3.70. The molecule has 2 N–H and O–H groups in total. The van der Waals surface area contributed by atoms with Gasteiger partial charge in [0.15, 0.2) is 0 Å². The Bertz CT molecular complexity index is 991. The van der Waals surface area contributed by atoms with Gasteiger partial charge in [0.1, 0.15) is 30.7 Å². The van der Waals surface area contributed by atoms with Crippen LogP contribution >= 0.6 is 11.3 Å². The van der Waals surface area contributed by atoms with Gasteiger partial charge in [-0.25, -0.2) is 9.36 Å². The molecule has 142 valence electrons. The first-order valence-corrected chi connectivity index (χ1v) is 9.47. The second-order valence-corrected chi connectivity index (χ2v) is 7.96. The number of thiazole rings is 1. The second kappa shape index (κ2) is 6.24. The lowest BCUT2D eigenvalue weighted by Gasteiger charge is -2.46. The number of nitrogens with zero attached hydrogens (tertiary/aromatic N) is 4. The minimum Gasteiger partial charge on any atom is -0.477 e. The predicted octanol–water partition coefficient (Wildman–Crippen LogP) is 0.751. The smallest absolute Gasteiger partial charge is 0.352 e. The second-order valence-electron chi connectivity index (χ2n) is 7.07. The first-order valence-electron chi connectivity index (χ1n) is 8.59. The van der Waals surface area contributed by atoms with Gasteiger partial charge in [-0.3, -0.25) is 4.79 Å². The van der Waals surface area contributed by atoms with Crippen molar-refractivity contribution in [2.24, 2.45) is 17.0 Å². The fourth-order valence-corrected chi connectivity index (χ4v) is 5.17. The molecular weight excluding hydrogens is 372 g/mol. The van der Waals surface area contributed by atoms with Crippen LogP contribution in [0.3, 0.4) is 0 Å². The van der Waals surface area contributed by atoms with Gasteiger partial charge in [0.05, 0.1) is 18.1 Å². The molecule has 1 saturated heterocycles. The van der Waals surface area contributed by atoms with E-state index in [1.54, 1.807) is 13.3 Å². The van der Waals surface area contributed by atoms with Gasteiger partial charge < -0.3 is 15.1 Å². The number of amides is 1. The average molecular weight is 391 g/mol. The number of aliphatic carboxylic acids is 1. The van der Waals surface area contributed by atoms with Gasteiger partial charge in [-0.1, -0.05) is 23.4 Å². The Hall–Kier alpha value is -2.59. The van der Waals surface area contributed by atoms with Crippen molar-refractivity contribution in [2.45, 2.75) is 39.1 Å². The maximum atomic E-state index is 12.4. The highest BCUT2D eigenvalue weighted by molar-refractivity contribution is 7.15. The average Bonchev–Trinajstić information content (AvgIpc) is 3.21. The fourth-order valence-electron chi connectivity index (χ4n) is 4.25. The number of carboxylic acid groups (broad SMARTS) is 1. The highest BCUT2D eigenvalue weighted by Gasteiger charge is 2.60. The molecule has 0 aromatic carbocycles. The Morgan fingerprint density at radius 1 is 1.48 bits per heavy atom. The van der Waals surface area contributed by atoms with Crippen LogP contribution in [0.1, 0.15) is 19.5 Å². The van der Waals surface area contributed by atoms with Crippen LogP contribution in [0.15, 0.2) is 34.4 Å². The van der Waals surface area contributed by atoms with E-state index in [4.69, 9.17) is 0 Å². The van der Waals surface area contributed by atoms with Gasteiger partial charge in [-0.2, -0.15) is 9.31 Å². The van der Waals surface area contributed by atoms with Crippen LogP contribution in [0.5, 0.6) is 0 Å². The Labute approximate surface area is 158 Å². The van der Waals surface area contributed by atoms with Crippen LogP contribution in [-0.2, 0) is 22.7 Å². The van der Waals surface area contributed by atoms with Crippen LogP contribution in [-0.4, -0.2) is 43.5 Å². The minimum absolute atomic E-state index is 0.0197. The van der Waals surface area contributed by atoms with Crippen LogP contribution in [0.25, 0.3) is 4.83 Å². The molecule has 2 aliphatic rings. The maximum absolute atomic E-state index is 12.4. The SMILES string of the molecule is C[C@@H](O)[C@H]1C(=O)N2C(C(=O)O)=C(C[n+]3cc4scc(CN=O)n4c3)[C@H](C)[C@H]12. The zero-order chi connectivity index (χ0) is 19.5. The molecule has 4 rings (SSSR count). The van der Waals surface area contributed by atoms with E-state index >= 15 is 0 Å². The number of carboxylic acids is 1. The van der Waals surface area contributed by atoms with Crippen LogP contribution in [0.4, 0.5) is 0 Å². The Balaban J connectivity index is 1.69. The van der Waals surface area contributed by atoms with Crippen molar-refractivity contribution < 1.29 is 24.4 Å². The molecule has 0 saturated carbocycles. The van der Waals surface area contributed by atoms with Crippen LogP contribution in [0, 0.1) is 16.7 Å². The third-order valence-electron chi connectivity index (χ3n) is 5.50. The molecule has 0 spiro atoms. The summed E-state index contributed by atoms with van der Waals surface area (Å²) in [4.78, 5) is 37.0. The third kappa shape index (κ3) is 2.51. The topological polar surface area (TPSA) is 116 Å². The Morgan fingerprint density at radius 3 is 2.85 bits per heavy atom. The molecular formula is C17H19N4O5S+. The van der Waals surface area contributed by atoms with Gasteiger partial charge in [-0.15, -0.1) is 0 Å². The number of carbonyl (C=O) groups is 2. The van der Waals surface area contributed by atoms with Crippen molar-refractivity contribution in [3.63, 3.8) is 0 Å². The van der Waals surface area contributed by atoms with Gasteiger partial charge in [0.2, 0.25) is 17.1 Å². The summed E-state index contributed by atoms with van der Waals surface area (Å²) >= 11 is 1.47. The number of β-lactam (4-membered cyclic amide) rings is 1. The molecule has 9 nitrogen and oxygen atoms in total. The maximum Gasteiger partial charge on any atom is 0.352 e. The van der Waals surface area contributed by atoms with E-state index in [1.807, 2.05) is 27.5 Å². The summed E-state index contributed by atoms with van der Waals surface area (Å²) in [5.41, 5.74) is 1.44. The zero-order valence-corrected chi connectivity index (χ0v) is 15.6. The number of aliphatic hydroxyl groups excluding tert-OH is 1. The number of rotatable bonds is 6. The molecule has 1 fully saturated rings. The van der Waals surface area contributed by atoms with Gasteiger partial charge in [0.25, 0.3) is 0 Å². The summed E-state index contributed by atoms with van der Waals surface area (Å²) in [5, 5.41) is 24.4. The molecule has 1 amide bonds. The van der Waals surface area contributed by atoms with Crippen molar-refractivity contribution in [3.8, 4) is 0 Å². The molecule has 0 radical (unpaired) electrons. The normalized spacial score (nSPS) is 25.7. The minimum atomic E-state index is -1.13. The molecule has 0 bridgehead atoms. The zero-order valence-electron chi connectivity index (χ0n) is 14.8. The quantitative estimate of drug-likeness (QED) is 0.428. The summed E-state index contributed by atoms with van der Waals surface area (Å²) in [5.74, 6) is -2.21. The van der Waals surface area contributed by atoms with Crippen molar-refractivity contribution in [2.75, 3.05) is 0 Å². The first kappa shape index (κ1) is 17.8.